The average molecular weight is 241 g/mol. The zero-order valence-electron chi connectivity index (χ0n) is 9.14. The number of benzene rings is 1. The van der Waals surface area contributed by atoms with Crippen molar-refractivity contribution in [1.82, 2.24) is 4.89 Å². The molecule has 88 valence electrons. The zero-order chi connectivity index (χ0) is 12.0. The Balaban J connectivity index is 2.63. The molecule has 0 unspecified atom stereocenters. The summed E-state index contributed by atoms with van der Waals surface area (Å²) in [4.78, 5) is 7.06. The van der Waals surface area contributed by atoms with Crippen LogP contribution in [0, 0.1) is 6.92 Å². The number of rotatable bonds is 6. The third kappa shape index (κ3) is 3.77. The number of nitrogens with one attached hydrogen (secondary N) is 1. The number of aryl methyl sites for hydroxylation is 1. The number of sulfonamides is 1. The van der Waals surface area contributed by atoms with Crippen LogP contribution in [0.2, 0.25) is 0 Å². The molecule has 0 saturated carbocycles. The molecule has 1 aromatic carbocycles. The third-order valence-electron chi connectivity index (χ3n) is 1.92. The molecule has 0 radical (unpaired) electrons. The van der Waals surface area contributed by atoms with Crippen molar-refractivity contribution in [3.05, 3.63) is 42.5 Å². The minimum Gasteiger partial charge on any atom is -0.286 e. The summed E-state index contributed by atoms with van der Waals surface area (Å²) in [5.74, 6) is 0. The second-order valence-corrected chi connectivity index (χ2v) is 4.97. The summed E-state index contributed by atoms with van der Waals surface area (Å²) in [7, 11) is -3.56. The van der Waals surface area contributed by atoms with Gasteiger partial charge in [0.25, 0.3) is 10.0 Å². The Bertz CT molecular complexity index is 437. The van der Waals surface area contributed by atoms with Crippen LogP contribution in [0.3, 0.4) is 0 Å². The lowest BCUT2D eigenvalue weighted by Gasteiger charge is -2.06. The van der Waals surface area contributed by atoms with Gasteiger partial charge >= 0.3 is 0 Å². The van der Waals surface area contributed by atoms with Gasteiger partial charge in [0.1, 0.15) is 0 Å². The van der Waals surface area contributed by atoms with Crippen LogP contribution in [0.4, 0.5) is 0 Å². The quantitative estimate of drug-likeness (QED) is 0.469. The molecule has 0 aromatic heterocycles. The van der Waals surface area contributed by atoms with Crippen LogP contribution in [0.25, 0.3) is 0 Å². The van der Waals surface area contributed by atoms with Gasteiger partial charge in [0.05, 0.1) is 11.5 Å². The van der Waals surface area contributed by atoms with Crippen LogP contribution in [0.1, 0.15) is 12.0 Å². The van der Waals surface area contributed by atoms with Crippen molar-refractivity contribution in [2.24, 2.45) is 0 Å². The maximum atomic E-state index is 11.6. The first-order chi connectivity index (χ1) is 7.56. The zero-order valence-corrected chi connectivity index (χ0v) is 9.96. The normalized spacial score (nSPS) is 11.3. The van der Waals surface area contributed by atoms with E-state index in [1.807, 2.05) is 6.92 Å². The van der Waals surface area contributed by atoms with Gasteiger partial charge in [-0.3, -0.25) is 4.84 Å². The van der Waals surface area contributed by atoms with Gasteiger partial charge in [-0.25, -0.2) is 8.42 Å². The molecule has 0 amide bonds. The summed E-state index contributed by atoms with van der Waals surface area (Å²) in [5, 5.41) is 0. The minimum absolute atomic E-state index is 0.191. The van der Waals surface area contributed by atoms with Crippen molar-refractivity contribution in [3.63, 3.8) is 0 Å². The van der Waals surface area contributed by atoms with E-state index in [0.717, 1.165) is 5.56 Å². The molecule has 0 atom stereocenters. The lowest BCUT2D eigenvalue weighted by molar-refractivity contribution is 0.0973. The summed E-state index contributed by atoms with van der Waals surface area (Å²) >= 11 is 0. The Labute approximate surface area is 95.9 Å². The molecule has 0 aliphatic carbocycles. The second-order valence-electron chi connectivity index (χ2n) is 3.33. The predicted octanol–water partition coefficient (Wildman–Crippen LogP) is 1.78. The Morgan fingerprint density at radius 3 is 2.56 bits per heavy atom. The highest BCUT2D eigenvalue weighted by Gasteiger charge is 2.12. The van der Waals surface area contributed by atoms with E-state index in [-0.39, 0.29) is 11.5 Å². The van der Waals surface area contributed by atoms with Gasteiger partial charge in [0.15, 0.2) is 0 Å². The second kappa shape index (κ2) is 5.79. The first-order valence-corrected chi connectivity index (χ1v) is 6.36. The van der Waals surface area contributed by atoms with Gasteiger partial charge in [-0.05, 0) is 25.5 Å². The Morgan fingerprint density at radius 1 is 1.38 bits per heavy atom. The van der Waals surface area contributed by atoms with Crippen molar-refractivity contribution >= 4 is 10.0 Å². The van der Waals surface area contributed by atoms with E-state index < -0.39 is 10.0 Å². The van der Waals surface area contributed by atoms with Crippen LogP contribution in [-0.2, 0) is 14.9 Å². The summed E-state index contributed by atoms with van der Waals surface area (Å²) < 4.78 is 23.3. The molecule has 0 fully saturated rings. The van der Waals surface area contributed by atoms with Crippen LogP contribution in [0.5, 0.6) is 0 Å². The van der Waals surface area contributed by atoms with E-state index in [1.54, 1.807) is 18.2 Å². The van der Waals surface area contributed by atoms with Gasteiger partial charge in [-0.1, -0.05) is 28.7 Å². The number of hydrogen-bond acceptors (Lipinski definition) is 3. The van der Waals surface area contributed by atoms with E-state index in [9.17, 15) is 8.42 Å². The molecule has 16 heavy (non-hydrogen) atoms. The molecule has 0 spiro atoms. The maximum absolute atomic E-state index is 11.6. The predicted molar refractivity (Wildman–Crippen MR) is 62.3 cm³/mol. The van der Waals surface area contributed by atoms with Crippen molar-refractivity contribution < 1.29 is 13.3 Å². The molecule has 0 aliphatic rings. The molecule has 0 bridgehead atoms. The van der Waals surface area contributed by atoms with Gasteiger partial charge in [-0.15, -0.1) is 6.58 Å². The molecule has 1 rings (SSSR count). The average Bonchev–Trinajstić information content (AvgIpc) is 2.25. The molecule has 0 heterocycles. The Hall–Kier alpha value is -1.17. The first kappa shape index (κ1) is 12.9. The lowest BCUT2D eigenvalue weighted by Crippen LogP contribution is -2.24. The fourth-order valence-corrected chi connectivity index (χ4v) is 1.86. The molecule has 0 aliphatic heterocycles. The highest BCUT2D eigenvalue weighted by Crippen LogP contribution is 2.09. The van der Waals surface area contributed by atoms with Crippen LogP contribution in [-0.4, -0.2) is 15.0 Å². The topological polar surface area (TPSA) is 55.4 Å². The van der Waals surface area contributed by atoms with Crippen molar-refractivity contribution in [1.29, 1.82) is 0 Å². The summed E-state index contributed by atoms with van der Waals surface area (Å²) in [6.07, 6.45) is 2.25. The van der Waals surface area contributed by atoms with E-state index in [2.05, 4.69) is 11.5 Å². The lowest BCUT2D eigenvalue weighted by atomic mass is 10.2. The first-order valence-electron chi connectivity index (χ1n) is 4.87. The van der Waals surface area contributed by atoms with Crippen LogP contribution >= 0.6 is 0 Å². The molecule has 1 N–H and O–H groups in total. The minimum atomic E-state index is -3.56. The highest BCUT2D eigenvalue weighted by molar-refractivity contribution is 7.89. The molecule has 5 heteroatoms. The molecule has 4 nitrogen and oxygen atoms in total. The highest BCUT2D eigenvalue weighted by atomic mass is 32.2. The fourth-order valence-electron chi connectivity index (χ4n) is 1.03. The number of hydrogen-bond donors (Lipinski definition) is 1. The molecular formula is C11H15NO3S. The standard InChI is InChI=1S/C11H15NO3S/c1-3-4-9-15-12-16(13,14)11-7-5-10(2)6-8-11/h3,5-8,12H,1,4,9H2,2H3. The Morgan fingerprint density at radius 2 is 2.00 bits per heavy atom. The largest absolute Gasteiger partial charge is 0.286 e. The summed E-state index contributed by atoms with van der Waals surface area (Å²) in [6, 6.07) is 6.54. The fraction of sp³-hybridized carbons (Fsp3) is 0.273. The smallest absolute Gasteiger partial charge is 0.262 e. The maximum Gasteiger partial charge on any atom is 0.262 e. The van der Waals surface area contributed by atoms with E-state index in [4.69, 9.17) is 4.84 Å². The van der Waals surface area contributed by atoms with Crippen molar-refractivity contribution in [2.45, 2.75) is 18.2 Å². The van der Waals surface area contributed by atoms with Crippen LogP contribution < -0.4 is 4.89 Å². The molecule has 1 aromatic rings. The van der Waals surface area contributed by atoms with Gasteiger partial charge in [-0.2, -0.15) is 0 Å². The monoisotopic (exact) mass is 241 g/mol. The van der Waals surface area contributed by atoms with E-state index in [0.29, 0.717) is 6.42 Å². The summed E-state index contributed by atoms with van der Waals surface area (Å²) in [5.41, 5.74) is 1.01. The molecular weight excluding hydrogens is 226 g/mol. The third-order valence-corrected chi connectivity index (χ3v) is 3.15. The van der Waals surface area contributed by atoms with Crippen molar-refractivity contribution in [3.8, 4) is 0 Å². The van der Waals surface area contributed by atoms with Gasteiger partial charge < -0.3 is 0 Å². The van der Waals surface area contributed by atoms with Crippen LogP contribution in [0.15, 0.2) is 41.8 Å². The van der Waals surface area contributed by atoms with Gasteiger partial charge in [0.2, 0.25) is 0 Å². The van der Waals surface area contributed by atoms with E-state index >= 15 is 0 Å². The Kier molecular flexibility index (Phi) is 4.67. The SMILES string of the molecule is C=CCCONS(=O)(=O)c1ccc(C)cc1. The van der Waals surface area contributed by atoms with Crippen molar-refractivity contribution in [2.75, 3.05) is 6.61 Å². The van der Waals surface area contributed by atoms with E-state index in [1.165, 1.54) is 12.1 Å². The van der Waals surface area contributed by atoms with Gasteiger partial charge in [0, 0.05) is 0 Å². The molecule has 0 saturated heterocycles. The summed E-state index contributed by atoms with van der Waals surface area (Å²) in [6.45, 7) is 5.67.